The molecule has 2 rings (SSSR count). The number of carbonyl (C=O) groups excluding carboxylic acids is 1. The molecule has 0 bridgehead atoms. The maximum absolute atomic E-state index is 14.1. The van der Waals surface area contributed by atoms with Crippen molar-refractivity contribution in [2.24, 2.45) is 0 Å². The van der Waals surface area contributed by atoms with Crippen LogP contribution in [0.4, 0.5) is 14.9 Å². The van der Waals surface area contributed by atoms with Crippen molar-refractivity contribution in [1.29, 1.82) is 0 Å². The largest absolute Gasteiger partial charge is 0.326 e. The van der Waals surface area contributed by atoms with E-state index >= 15 is 0 Å². The van der Waals surface area contributed by atoms with Gasteiger partial charge < -0.3 is 5.32 Å². The fourth-order valence-corrected chi connectivity index (χ4v) is 2.09. The minimum atomic E-state index is -0.353. The fourth-order valence-electron chi connectivity index (χ4n) is 2.09. The van der Waals surface area contributed by atoms with Crippen LogP contribution in [0.1, 0.15) is 23.6 Å². The van der Waals surface area contributed by atoms with E-state index in [2.05, 4.69) is 11.9 Å². The number of halogens is 1. The third-order valence-electron chi connectivity index (χ3n) is 3.15. The zero-order chi connectivity index (χ0) is 12.7. The highest BCUT2D eigenvalue weighted by Crippen LogP contribution is 2.36. The van der Waals surface area contributed by atoms with E-state index in [0.717, 1.165) is 5.56 Å². The van der Waals surface area contributed by atoms with E-state index in [-0.39, 0.29) is 17.5 Å². The lowest BCUT2D eigenvalue weighted by Crippen LogP contribution is -2.35. The molecule has 1 aromatic carbocycles. The molecule has 0 aliphatic carbocycles. The molecule has 1 heterocycles. The third-order valence-corrected chi connectivity index (χ3v) is 3.15. The van der Waals surface area contributed by atoms with E-state index < -0.39 is 0 Å². The second-order valence-electron chi connectivity index (χ2n) is 4.21. The second kappa shape index (κ2) is 3.87. The van der Waals surface area contributed by atoms with E-state index in [4.69, 9.17) is 0 Å². The quantitative estimate of drug-likeness (QED) is 0.795. The zero-order valence-corrected chi connectivity index (χ0v) is 10.2. The molecule has 0 aromatic heterocycles. The van der Waals surface area contributed by atoms with Gasteiger partial charge in [-0.15, -0.1) is 0 Å². The number of rotatable bonds is 1. The molecule has 0 atom stereocenters. The van der Waals surface area contributed by atoms with Gasteiger partial charge in [-0.2, -0.15) is 0 Å². The molecule has 0 saturated carbocycles. The van der Waals surface area contributed by atoms with Gasteiger partial charge in [0.25, 0.3) is 0 Å². The molecule has 1 aliphatic rings. The molecule has 0 spiro atoms. The molecule has 0 unspecified atom stereocenters. The van der Waals surface area contributed by atoms with Crippen molar-refractivity contribution in [3.63, 3.8) is 0 Å². The van der Waals surface area contributed by atoms with Crippen molar-refractivity contribution in [3.05, 3.63) is 35.2 Å². The predicted molar refractivity (Wildman–Crippen MR) is 66.3 cm³/mol. The van der Waals surface area contributed by atoms with Crippen LogP contribution in [0.2, 0.25) is 0 Å². The van der Waals surface area contributed by atoms with Crippen LogP contribution >= 0.6 is 0 Å². The fraction of sp³-hybridized carbons (Fsp3) is 0.308. The summed E-state index contributed by atoms with van der Waals surface area (Å²) < 4.78 is 14.1. The minimum Gasteiger partial charge on any atom is -0.304 e. The Labute approximate surface area is 99.9 Å². The number of anilines is 1. The minimum absolute atomic E-state index is 0.259. The van der Waals surface area contributed by atoms with Crippen molar-refractivity contribution in [2.75, 3.05) is 12.4 Å². The van der Waals surface area contributed by atoms with Gasteiger partial charge in [0, 0.05) is 18.3 Å². The molecule has 17 heavy (non-hydrogen) atoms. The summed E-state index contributed by atoms with van der Waals surface area (Å²) in [6.07, 6.45) is 0.595. The lowest BCUT2D eigenvalue weighted by atomic mass is 9.96. The predicted octanol–water partition coefficient (Wildman–Crippen LogP) is 3.14. The molecular weight excluding hydrogens is 219 g/mol. The van der Waals surface area contributed by atoms with Crippen LogP contribution in [0.3, 0.4) is 0 Å². The summed E-state index contributed by atoms with van der Waals surface area (Å²) in [7, 11) is 1.62. The number of carbonyl (C=O) groups is 1. The van der Waals surface area contributed by atoms with Gasteiger partial charge in [-0.1, -0.05) is 19.6 Å². The number of hydrogen-bond acceptors (Lipinski definition) is 1. The van der Waals surface area contributed by atoms with Gasteiger partial charge in [-0.05, 0) is 24.5 Å². The van der Waals surface area contributed by atoms with Gasteiger partial charge in [0.1, 0.15) is 0 Å². The smallest absolute Gasteiger partial charge is 0.304 e. The lowest BCUT2D eigenvalue weighted by Gasteiger charge is -2.30. The van der Waals surface area contributed by atoms with E-state index in [0.29, 0.717) is 23.2 Å². The first kappa shape index (κ1) is 11.6. The molecule has 1 aromatic rings. The van der Waals surface area contributed by atoms with Crippen LogP contribution in [-0.2, 0) is 6.42 Å². The van der Waals surface area contributed by atoms with Gasteiger partial charge in [0.05, 0.1) is 5.69 Å². The van der Waals surface area contributed by atoms with Gasteiger partial charge in [-0.3, -0.25) is 4.90 Å². The van der Waals surface area contributed by atoms with Crippen LogP contribution in [0.5, 0.6) is 0 Å². The first-order chi connectivity index (χ1) is 7.97. The summed E-state index contributed by atoms with van der Waals surface area (Å²) in [5.41, 5.74) is 3.01. The Morgan fingerprint density at radius 1 is 1.53 bits per heavy atom. The van der Waals surface area contributed by atoms with Gasteiger partial charge in [-0.25, -0.2) is 9.18 Å². The van der Waals surface area contributed by atoms with Gasteiger partial charge in [0.15, 0.2) is 5.82 Å². The van der Waals surface area contributed by atoms with Crippen LogP contribution in [-0.4, -0.2) is 18.0 Å². The number of nitrogens with one attached hydrogen (secondary N) is 1. The Bertz CT molecular complexity index is 523. The summed E-state index contributed by atoms with van der Waals surface area (Å²) in [4.78, 5) is 13.0. The third kappa shape index (κ3) is 1.60. The van der Waals surface area contributed by atoms with Crippen LogP contribution < -0.4 is 5.32 Å². The highest BCUT2D eigenvalue weighted by atomic mass is 19.1. The number of fused-ring (bicyclic) bond motifs is 1. The van der Waals surface area contributed by atoms with E-state index in [1.807, 2.05) is 19.9 Å². The monoisotopic (exact) mass is 234 g/mol. The van der Waals surface area contributed by atoms with Crippen molar-refractivity contribution in [2.45, 2.75) is 20.3 Å². The van der Waals surface area contributed by atoms with Gasteiger partial charge >= 0.3 is 6.03 Å². The Hall–Kier alpha value is -1.84. The van der Waals surface area contributed by atoms with Crippen molar-refractivity contribution < 1.29 is 9.18 Å². The average Bonchev–Trinajstić information content (AvgIpc) is 2.30. The highest BCUT2D eigenvalue weighted by Gasteiger charge is 2.28. The van der Waals surface area contributed by atoms with Crippen LogP contribution in [0.15, 0.2) is 12.6 Å². The standard InChI is InChI=1S/C13H15FN2O/c1-5-9-6-7(2)10-8(3)16(4)13(17)15-12(10)11(9)14/h6H,3,5H2,1-2,4H3,(H,15,17). The summed E-state index contributed by atoms with van der Waals surface area (Å²) in [5, 5.41) is 2.58. The zero-order valence-electron chi connectivity index (χ0n) is 10.2. The lowest BCUT2D eigenvalue weighted by molar-refractivity contribution is 0.236. The summed E-state index contributed by atoms with van der Waals surface area (Å²) in [5.74, 6) is -0.351. The van der Waals surface area contributed by atoms with Gasteiger partial charge in [0.2, 0.25) is 0 Å². The molecule has 2 amide bonds. The Kier molecular flexibility index (Phi) is 2.65. The SMILES string of the molecule is C=C1c2c(C)cc(CC)c(F)c2NC(=O)N1C. The number of nitrogens with zero attached hydrogens (tertiary/aromatic N) is 1. The first-order valence-corrected chi connectivity index (χ1v) is 5.53. The molecule has 0 saturated heterocycles. The maximum atomic E-state index is 14.1. The van der Waals surface area contributed by atoms with Crippen LogP contribution in [0, 0.1) is 12.7 Å². The molecule has 3 nitrogen and oxygen atoms in total. The average molecular weight is 234 g/mol. The Balaban J connectivity index is 2.71. The summed E-state index contributed by atoms with van der Waals surface area (Å²) in [6, 6.07) is 1.46. The molecule has 1 N–H and O–H groups in total. The Morgan fingerprint density at radius 2 is 2.18 bits per heavy atom. The number of hydrogen-bond donors (Lipinski definition) is 1. The van der Waals surface area contributed by atoms with E-state index in [1.165, 1.54) is 4.90 Å². The number of amides is 2. The number of benzene rings is 1. The van der Waals surface area contributed by atoms with E-state index in [1.54, 1.807) is 7.05 Å². The molecule has 0 fully saturated rings. The molecule has 0 radical (unpaired) electrons. The first-order valence-electron chi connectivity index (χ1n) is 5.53. The highest BCUT2D eigenvalue weighted by molar-refractivity contribution is 6.03. The number of urea groups is 1. The topological polar surface area (TPSA) is 32.3 Å². The van der Waals surface area contributed by atoms with Crippen molar-refractivity contribution in [3.8, 4) is 0 Å². The maximum Gasteiger partial charge on any atom is 0.326 e. The van der Waals surface area contributed by atoms with Crippen molar-refractivity contribution >= 4 is 17.4 Å². The van der Waals surface area contributed by atoms with Crippen molar-refractivity contribution in [1.82, 2.24) is 4.90 Å². The normalized spacial score (nSPS) is 14.7. The molecule has 4 heteroatoms. The molecule has 1 aliphatic heterocycles. The number of aryl methyl sites for hydroxylation is 2. The summed E-state index contributed by atoms with van der Waals surface area (Å²) in [6.45, 7) is 7.62. The molecule has 90 valence electrons. The summed E-state index contributed by atoms with van der Waals surface area (Å²) >= 11 is 0. The second-order valence-corrected chi connectivity index (χ2v) is 4.21. The van der Waals surface area contributed by atoms with Crippen LogP contribution in [0.25, 0.3) is 5.70 Å². The Morgan fingerprint density at radius 3 is 2.76 bits per heavy atom. The molecular formula is C13H15FN2O. The van der Waals surface area contributed by atoms with E-state index in [9.17, 15) is 9.18 Å².